The van der Waals surface area contributed by atoms with Gasteiger partial charge in [0.05, 0.1) is 5.41 Å². The van der Waals surface area contributed by atoms with E-state index in [0.717, 1.165) is 43.6 Å². The van der Waals surface area contributed by atoms with E-state index in [1.54, 1.807) is 12.3 Å². The largest absolute Gasteiger partial charge is 0.340 e. The standard InChI is InChI=1S/C19H21ClN4O/c1-14-5-2-3-6-15(14)24-12-9-19(17(24)25)8-4-11-23(13-19)18-21-10-7-16(20)22-18/h2-3,5-7,10H,4,8-9,11-13H2,1H3. The number of carbonyl (C=O) groups is 1. The number of amides is 1. The first-order chi connectivity index (χ1) is 12.1. The molecule has 1 amide bonds. The van der Waals surface area contributed by atoms with Gasteiger partial charge in [0.1, 0.15) is 5.15 Å². The molecule has 1 aromatic heterocycles. The Kier molecular flexibility index (Phi) is 4.12. The van der Waals surface area contributed by atoms with Gasteiger partial charge in [-0.2, -0.15) is 0 Å². The average Bonchev–Trinajstić information content (AvgIpc) is 2.92. The maximum absolute atomic E-state index is 13.3. The van der Waals surface area contributed by atoms with Crippen LogP contribution in [0.5, 0.6) is 0 Å². The fourth-order valence-corrected chi connectivity index (χ4v) is 4.21. The molecular formula is C19H21ClN4O. The number of halogens is 1. The van der Waals surface area contributed by atoms with Crippen LogP contribution in [0.2, 0.25) is 5.15 Å². The lowest BCUT2D eigenvalue weighted by Crippen LogP contribution is -2.48. The molecule has 2 fully saturated rings. The van der Waals surface area contributed by atoms with Gasteiger partial charge in [0.2, 0.25) is 11.9 Å². The number of rotatable bonds is 2. The van der Waals surface area contributed by atoms with Crippen LogP contribution >= 0.6 is 11.6 Å². The fourth-order valence-electron chi connectivity index (χ4n) is 4.08. The summed E-state index contributed by atoms with van der Waals surface area (Å²) in [6, 6.07) is 9.76. The molecule has 1 spiro atoms. The molecule has 2 aliphatic rings. The van der Waals surface area contributed by atoms with Crippen LogP contribution in [0.25, 0.3) is 0 Å². The van der Waals surface area contributed by atoms with E-state index in [9.17, 15) is 4.79 Å². The second-order valence-corrected chi connectivity index (χ2v) is 7.37. The SMILES string of the molecule is Cc1ccccc1N1CCC2(CCCN(c3nccc(Cl)n3)C2)C1=O. The monoisotopic (exact) mass is 356 g/mol. The molecule has 0 N–H and O–H groups in total. The van der Waals surface area contributed by atoms with E-state index in [1.165, 1.54) is 0 Å². The fraction of sp³-hybridized carbons (Fsp3) is 0.421. The summed E-state index contributed by atoms with van der Waals surface area (Å²) in [6.07, 6.45) is 4.42. The second kappa shape index (κ2) is 6.30. The highest BCUT2D eigenvalue weighted by Gasteiger charge is 2.49. The molecule has 25 heavy (non-hydrogen) atoms. The lowest BCUT2D eigenvalue weighted by molar-refractivity contribution is -0.126. The molecule has 2 saturated heterocycles. The average molecular weight is 357 g/mol. The number of aromatic nitrogens is 2. The van der Waals surface area contributed by atoms with Crippen LogP contribution in [-0.2, 0) is 4.79 Å². The van der Waals surface area contributed by atoms with Crippen molar-refractivity contribution in [1.82, 2.24) is 9.97 Å². The summed E-state index contributed by atoms with van der Waals surface area (Å²) in [5.74, 6) is 0.849. The van der Waals surface area contributed by atoms with Crippen LogP contribution in [0, 0.1) is 12.3 Å². The molecule has 2 aromatic rings. The van der Waals surface area contributed by atoms with Gasteiger partial charge in [0, 0.05) is 31.5 Å². The molecule has 0 bridgehead atoms. The van der Waals surface area contributed by atoms with Gasteiger partial charge in [-0.1, -0.05) is 29.8 Å². The minimum absolute atomic E-state index is 0.230. The molecule has 1 atom stereocenters. The third-order valence-corrected chi connectivity index (χ3v) is 5.60. The Bertz CT molecular complexity index is 812. The molecule has 1 aromatic carbocycles. The van der Waals surface area contributed by atoms with E-state index >= 15 is 0 Å². The number of anilines is 2. The van der Waals surface area contributed by atoms with Gasteiger partial charge in [-0.25, -0.2) is 9.97 Å². The lowest BCUT2D eigenvalue weighted by atomic mass is 9.78. The number of hydrogen-bond donors (Lipinski definition) is 0. The van der Waals surface area contributed by atoms with Gasteiger partial charge in [-0.3, -0.25) is 4.79 Å². The molecule has 1 unspecified atom stereocenters. The van der Waals surface area contributed by atoms with Crippen molar-refractivity contribution in [2.75, 3.05) is 29.4 Å². The van der Waals surface area contributed by atoms with Gasteiger partial charge in [0.25, 0.3) is 0 Å². The summed E-state index contributed by atoms with van der Waals surface area (Å²) in [5, 5.41) is 0.434. The number of nitrogens with zero attached hydrogens (tertiary/aromatic N) is 4. The molecule has 3 heterocycles. The van der Waals surface area contributed by atoms with Gasteiger partial charge >= 0.3 is 0 Å². The Morgan fingerprint density at radius 2 is 2.00 bits per heavy atom. The molecule has 4 rings (SSSR count). The van der Waals surface area contributed by atoms with Crippen LogP contribution in [0.1, 0.15) is 24.8 Å². The summed E-state index contributed by atoms with van der Waals surface area (Å²) in [7, 11) is 0. The van der Waals surface area contributed by atoms with Crippen molar-refractivity contribution in [3.05, 3.63) is 47.2 Å². The summed E-state index contributed by atoms with van der Waals surface area (Å²) < 4.78 is 0. The van der Waals surface area contributed by atoms with E-state index in [-0.39, 0.29) is 11.3 Å². The zero-order valence-electron chi connectivity index (χ0n) is 14.3. The number of piperidine rings is 1. The van der Waals surface area contributed by atoms with Crippen molar-refractivity contribution in [2.45, 2.75) is 26.2 Å². The Labute approximate surface area is 152 Å². The third-order valence-electron chi connectivity index (χ3n) is 5.39. The first kappa shape index (κ1) is 16.3. The van der Waals surface area contributed by atoms with Crippen LogP contribution in [0.4, 0.5) is 11.6 Å². The summed E-state index contributed by atoms with van der Waals surface area (Å²) in [6.45, 7) is 4.35. The molecular weight excluding hydrogens is 336 g/mol. The van der Waals surface area contributed by atoms with Gasteiger partial charge < -0.3 is 9.80 Å². The minimum Gasteiger partial charge on any atom is -0.340 e. The topological polar surface area (TPSA) is 49.3 Å². The number of benzene rings is 1. The second-order valence-electron chi connectivity index (χ2n) is 6.98. The maximum atomic E-state index is 13.3. The molecule has 5 nitrogen and oxygen atoms in total. The quantitative estimate of drug-likeness (QED) is 0.773. The predicted octanol–water partition coefficient (Wildman–Crippen LogP) is 3.46. The Balaban J connectivity index is 1.60. The van der Waals surface area contributed by atoms with Crippen molar-refractivity contribution in [1.29, 1.82) is 0 Å². The van der Waals surface area contributed by atoms with Crippen molar-refractivity contribution >= 4 is 29.1 Å². The normalized spacial score (nSPS) is 23.5. The van der Waals surface area contributed by atoms with Crippen LogP contribution in [0.3, 0.4) is 0 Å². The Morgan fingerprint density at radius 3 is 2.80 bits per heavy atom. The third kappa shape index (κ3) is 2.86. The lowest BCUT2D eigenvalue weighted by Gasteiger charge is -2.39. The molecule has 0 aliphatic carbocycles. The number of para-hydroxylation sites is 1. The first-order valence-corrected chi connectivity index (χ1v) is 9.08. The summed E-state index contributed by atoms with van der Waals surface area (Å²) in [4.78, 5) is 26.0. The summed E-state index contributed by atoms with van der Waals surface area (Å²) in [5.41, 5.74) is 1.82. The zero-order valence-corrected chi connectivity index (χ0v) is 15.0. The van der Waals surface area contributed by atoms with Gasteiger partial charge in [-0.05, 0) is 43.9 Å². The van der Waals surface area contributed by atoms with Crippen LogP contribution < -0.4 is 9.80 Å². The van der Waals surface area contributed by atoms with Crippen LogP contribution in [-0.4, -0.2) is 35.5 Å². The highest BCUT2D eigenvalue weighted by atomic mass is 35.5. The van der Waals surface area contributed by atoms with Crippen LogP contribution in [0.15, 0.2) is 36.5 Å². The van der Waals surface area contributed by atoms with Crippen molar-refractivity contribution in [2.24, 2.45) is 5.41 Å². The smallest absolute Gasteiger partial charge is 0.235 e. The van der Waals surface area contributed by atoms with Gasteiger partial charge in [-0.15, -0.1) is 0 Å². The highest BCUT2D eigenvalue weighted by molar-refractivity contribution is 6.29. The van der Waals surface area contributed by atoms with Crippen molar-refractivity contribution in [3.8, 4) is 0 Å². The first-order valence-electron chi connectivity index (χ1n) is 8.70. The van der Waals surface area contributed by atoms with E-state index in [2.05, 4.69) is 27.9 Å². The molecule has 2 aliphatic heterocycles. The van der Waals surface area contributed by atoms with E-state index in [0.29, 0.717) is 17.6 Å². The van der Waals surface area contributed by atoms with E-state index in [4.69, 9.17) is 11.6 Å². The zero-order chi connectivity index (χ0) is 17.4. The number of carbonyl (C=O) groups excluding carboxylic acids is 1. The molecule has 0 radical (unpaired) electrons. The van der Waals surface area contributed by atoms with Crippen molar-refractivity contribution in [3.63, 3.8) is 0 Å². The molecule has 6 heteroatoms. The maximum Gasteiger partial charge on any atom is 0.235 e. The van der Waals surface area contributed by atoms with Gasteiger partial charge in [0.15, 0.2) is 0 Å². The minimum atomic E-state index is -0.341. The molecule has 0 saturated carbocycles. The summed E-state index contributed by atoms with van der Waals surface area (Å²) >= 11 is 6.01. The van der Waals surface area contributed by atoms with E-state index in [1.807, 2.05) is 23.1 Å². The van der Waals surface area contributed by atoms with Crippen molar-refractivity contribution < 1.29 is 4.79 Å². The number of hydrogen-bond acceptors (Lipinski definition) is 4. The molecule has 130 valence electrons. The highest BCUT2D eigenvalue weighted by Crippen LogP contribution is 2.43. The Morgan fingerprint density at radius 1 is 1.16 bits per heavy atom. The van der Waals surface area contributed by atoms with E-state index < -0.39 is 0 Å². The Hall–Kier alpha value is -2.14. The number of aryl methyl sites for hydroxylation is 1. The predicted molar refractivity (Wildman–Crippen MR) is 99.1 cm³/mol.